The first kappa shape index (κ1) is 11.9. The van der Waals surface area contributed by atoms with E-state index in [2.05, 4.69) is 0 Å². The highest BCUT2D eigenvalue weighted by molar-refractivity contribution is 4.82. The number of hydrogen-bond acceptors (Lipinski definition) is 5. The maximum Gasteiger partial charge on any atom is 0.184 e. The molecule has 84 valence electrons. The minimum atomic E-state index is -0.946. The second-order valence-electron chi connectivity index (χ2n) is 3.31. The van der Waals surface area contributed by atoms with Crippen LogP contribution in [0.25, 0.3) is 0 Å². The second-order valence-corrected chi connectivity index (χ2v) is 3.31. The van der Waals surface area contributed by atoms with Crippen molar-refractivity contribution < 1.29 is 24.1 Å². The molecule has 0 aromatic rings. The van der Waals surface area contributed by atoms with Gasteiger partial charge in [-0.1, -0.05) is 0 Å². The van der Waals surface area contributed by atoms with Gasteiger partial charge in [-0.25, -0.2) is 0 Å². The fraction of sp³-hybridized carbons (Fsp3) is 1.00. The summed E-state index contributed by atoms with van der Waals surface area (Å²) in [5.41, 5.74) is 0. The Morgan fingerprint density at radius 2 is 2.00 bits per heavy atom. The van der Waals surface area contributed by atoms with E-state index in [9.17, 15) is 5.11 Å². The summed E-state index contributed by atoms with van der Waals surface area (Å²) >= 11 is 0. The van der Waals surface area contributed by atoms with Crippen LogP contribution in [0.4, 0.5) is 0 Å². The third-order valence-corrected chi connectivity index (χ3v) is 2.40. The minimum absolute atomic E-state index is 0.133. The van der Waals surface area contributed by atoms with Gasteiger partial charge in [-0.2, -0.15) is 0 Å². The van der Waals surface area contributed by atoms with E-state index < -0.39 is 12.4 Å². The van der Waals surface area contributed by atoms with Gasteiger partial charge in [0.1, 0.15) is 6.10 Å². The van der Waals surface area contributed by atoms with Crippen LogP contribution in [0.15, 0.2) is 0 Å². The van der Waals surface area contributed by atoms with E-state index in [0.717, 1.165) is 0 Å². The van der Waals surface area contributed by atoms with Gasteiger partial charge in [-0.3, -0.25) is 0 Å². The molecule has 1 saturated heterocycles. The summed E-state index contributed by atoms with van der Waals surface area (Å²) in [6, 6.07) is 0. The maximum absolute atomic E-state index is 9.58. The number of hydrogen-bond donors (Lipinski definition) is 1. The van der Waals surface area contributed by atoms with E-state index >= 15 is 0 Å². The van der Waals surface area contributed by atoms with Crippen molar-refractivity contribution in [1.29, 1.82) is 0 Å². The Kier molecular flexibility index (Phi) is 4.77. The van der Waals surface area contributed by atoms with Crippen LogP contribution in [0.5, 0.6) is 0 Å². The topological polar surface area (TPSA) is 57.2 Å². The molecular formula is C9H18O5. The molecule has 5 nitrogen and oxygen atoms in total. The zero-order valence-corrected chi connectivity index (χ0v) is 8.80. The summed E-state index contributed by atoms with van der Waals surface area (Å²) in [5, 5.41) is 9.58. The normalized spacial score (nSPS) is 38.6. The third-order valence-electron chi connectivity index (χ3n) is 2.40. The lowest BCUT2D eigenvalue weighted by molar-refractivity contribution is -0.263. The van der Waals surface area contributed by atoms with Crippen LogP contribution in [0.2, 0.25) is 0 Å². The zero-order valence-electron chi connectivity index (χ0n) is 8.80. The Hall–Kier alpha value is -0.200. The van der Waals surface area contributed by atoms with Crippen LogP contribution in [0.3, 0.4) is 0 Å². The summed E-state index contributed by atoms with van der Waals surface area (Å²) in [7, 11) is 4.72. The third kappa shape index (κ3) is 2.65. The van der Waals surface area contributed by atoms with Crippen LogP contribution >= 0.6 is 0 Å². The fourth-order valence-corrected chi connectivity index (χ4v) is 1.70. The lowest BCUT2D eigenvalue weighted by Crippen LogP contribution is -2.51. The van der Waals surface area contributed by atoms with Gasteiger partial charge in [0.05, 0.1) is 18.8 Å². The SMILES string of the molecule is COCC1CC(OC)C(OC)[C@@H](O)O1. The van der Waals surface area contributed by atoms with Crippen LogP contribution in [0, 0.1) is 0 Å². The van der Waals surface area contributed by atoms with Gasteiger partial charge in [-0.15, -0.1) is 0 Å². The van der Waals surface area contributed by atoms with E-state index in [-0.39, 0.29) is 12.2 Å². The molecule has 0 saturated carbocycles. The predicted octanol–water partition coefficient (Wildman–Crippen LogP) is -0.230. The van der Waals surface area contributed by atoms with Gasteiger partial charge in [0.2, 0.25) is 0 Å². The molecule has 0 bridgehead atoms. The van der Waals surface area contributed by atoms with Crippen molar-refractivity contribution in [2.24, 2.45) is 0 Å². The first-order valence-corrected chi connectivity index (χ1v) is 4.61. The molecule has 4 atom stereocenters. The number of ether oxygens (including phenoxy) is 4. The van der Waals surface area contributed by atoms with E-state index in [1.807, 2.05) is 0 Å². The Labute approximate surface area is 83.9 Å². The highest BCUT2D eigenvalue weighted by Gasteiger charge is 2.38. The van der Waals surface area contributed by atoms with Gasteiger partial charge in [0.25, 0.3) is 0 Å². The zero-order chi connectivity index (χ0) is 10.6. The maximum atomic E-state index is 9.58. The van der Waals surface area contributed by atoms with E-state index in [1.54, 1.807) is 14.2 Å². The molecule has 1 aliphatic rings. The van der Waals surface area contributed by atoms with Crippen LogP contribution in [-0.4, -0.2) is 57.6 Å². The molecule has 1 aliphatic heterocycles. The molecule has 0 radical (unpaired) electrons. The number of rotatable bonds is 4. The Morgan fingerprint density at radius 1 is 1.29 bits per heavy atom. The molecule has 0 aliphatic carbocycles. The smallest absolute Gasteiger partial charge is 0.184 e. The number of aliphatic hydroxyl groups is 1. The van der Waals surface area contributed by atoms with Gasteiger partial charge in [0.15, 0.2) is 6.29 Å². The van der Waals surface area contributed by atoms with Crippen molar-refractivity contribution in [3.05, 3.63) is 0 Å². The highest BCUT2D eigenvalue weighted by Crippen LogP contribution is 2.23. The molecule has 1 N–H and O–H groups in total. The summed E-state index contributed by atoms with van der Waals surface area (Å²) in [6.07, 6.45) is -0.984. The van der Waals surface area contributed by atoms with Crippen molar-refractivity contribution in [2.45, 2.75) is 31.0 Å². The van der Waals surface area contributed by atoms with Gasteiger partial charge in [-0.05, 0) is 0 Å². The molecule has 0 amide bonds. The molecular weight excluding hydrogens is 188 g/mol. The van der Waals surface area contributed by atoms with E-state index in [0.29, 0.717) is 13.0 Å². The van der Waals surface area contributed by atoms with Crippen LogP contribution in [-0.2, 0) is 18.9 Å². The van der Waals surface area contributed by atoms with Crippen molar-refractivity contribution in [3.63, 3.8) is 0 Å². The van der Waals surface area contributed by atoms with Crippen LogP contribution < -0.4 is 0 Å². The first-order valence-electron chi connectivity index (χ1n) is 4.61. The van der Waals surface area contributed by atoms with E-state index in [1.165, 1.54) is 7.11 Å². The second kappa shape index (κ2) is 5.63. The van der Waals surface area contributed by atoms with Gasteiger partial charge < -0.3 is 24.1 Å². The van der Waals surface area contributed by atoms with Crippen molar-refractivity contribution in [1.82, 2.24) is 0 Å². The fourth-order valence-electron chi connectivity index (χ4n) is 1.70. The average molecular weight is 206 g/mol. The highest BCUT2D eigenvalue weighted by atomic mass is 16.7. The summed E-state index contributed by atoms with van der Waals surface area (Å²) in [6.45, 7) is 0.452. The standard InChI is InChI=1S/C9H18O5/c1-11-5-6-4-7(12-2)8(13-3)9(10)14-6/h6-10H,4-5H2,1-3H3/t6?,7?,8?,9-/m0/s1. The lowest BCUT2D eigenvalue weighted by atomic mass is 10.0. The van der Waals surface area contributed by atoms with Gasteiger partial charge >= 0.3 is 0 Å². The summed E-state index contributed by atoms with van der Waals surface area (Å²) in [5.74, 6) is 0. The number of methoxy groups -OCH3 is 3. The van der Waals surface area contributed by atoms with Crippen molar-refractivity contribution >= 4 is 0 Å². The monoisotopic (exact) mass is 206 g/mol. The molecule has 1 fully saturated rings. The van der Waals surface area contributed by atoms with Crippen molar-refractivity contribution in [2.75, 3.05) is 27.9 Å². The molecule has 0 spiro atoms. The largest absolute Gasteiger partial charge is 0.382 e. The Balaban J connectivity index is 2.53. The average Bonchev–Trinajstić information content (AvgIpc) is 2.17. The Morgan fingerprint density at radius 3 is 2.50 bits per heavy atom. The molecule has 0 aromatic carbocycles. The van der Waals surface area contributed by atoms with E-state index in [4.69, 9.17) is 18.9 Å². The molecule has 14 heavy (non-hydrogen) atoms. The quantitative estimate of drug-likeness (QED) is 0.688. The van der Waals surface area contributed by atoms with Gasteiger partial charge in [0, 0.05) is 27.8 Å². The molecule has 0 aromatic heterocycles. The molecule has 1 rings (SSSR count). The lowest BCUT2D eigenvalue weighted by Gasteiger charge is -2.37. The summed E-state index contributed by atoms with van der Waals surface area (Å²) < 4.78 is 20.6. The van der Waals surface area contributed by atoms with Crippen molar-refractivity contribution in [3.8, 4) is 0 Å². The number of aliphatic hydroxyl groups excluding tert-OH is 1. The predicted molar refractivity (Wildman–Crippen MR) is 49.0 cm³/mol. The minimum Gasteiger partial charge on any atom is -0.382 e. The first-order chi connectivity index (χ1) is 6.72. The Bertz CT molecular complexity index is 163. The molecule has 3 unspecified atom stereocenters. The summed E-state index contributed by atoms with van der Waals surface area (Å²) in [4.78, 5) is 0. The van der Waals surface area contributed by atoms with Crippen LogP contribution in [0.1, 0.15) is 6.42 Å². The molecule has 5 heteroatoms. The molecule has 1 heterocycles.